The van der Waals surface area contributed by atoms with Crippen molar-refractivity contribution in [2.75, 3.05) is 39.6 Å². The van der Waals surface area contributed by atoms with Gasteiger partial charge in [-0.3, -0.25) is 37.3 Å². The molecule has 0 spiro atoms. The first-order chi connectivity index (χ1) is 49.7. The lowest BCUT2D eigenvalue weighted by atomic mass is 10.0. The average Bonchev–Trinajstić information content (AvgIpc) is 0.959. The quantitative estimate of drug-likeness (QED) is 0.0169. The van der Waals surface area contributed by atoms with Gasteiger partial charge in [0.1, 0.15) is 19.3 Å². The van der Waals surface area contributed by atoms with Crippen molar-refractivity contribution in [1.82, 2.24) is 0 Å². The smallest absolute Gasteiger partial charge is 0.462 e. The van der Waals surface area contributed by atoms with E-state index in [1.807, 2.05) is 24.3 Å². The number of carbonyl (C=O) groups is 4. The zero-order valence-electron chi connectivity index (χ0n) is 64.3. The summed E-state index contributed by atoms with van der Waals surface area (Å²) in [6.45, 7) is 4.70. The largest absolute Gasteiger partial charge is 0.472 e. The van der Waals surface area contributed by atoms with Gasteiger partial charge in [-0.25, -0.2) is 9.13 Å². The third-order valence-electron chi connectivity index (χ3n) is 16.7. The summed E-state index contributed by atoms with van der Waals surface area (Å²) in [5, 5.41) is 10.6. The second-order valence-electron chi connectivity index (χ2n) is 26.7. The van der Waals surface area contributed by atoms with Crippen molar-refractivity contribution in [2.24, 2.45) is 0 Å². The van der Waals surface area contributed by atoms with Crippen LogP contribution in [-0.4, -0.2) is 96.7 Å². The number of hydrogen-bond donors (Lipinski definition) is 3. The number of carbonyl (C=O) groups excluding carboxylic acids is 4. The van der Waals surface area contributed by atoms with E-state index in [9.17, 15) is 43.2 Å². The molecule has 0 aromatic carbocycles. The molecule has 588 valence electrons. The lowest BCUT2D eigenvalue weighted by Gasteiger charge is -2.21. The Balaban J connectivity index is 5.45. The number of ether oxygens (including phenoxy) is 4. The van der Waals surface area contributed by atoms with Crippen molar-refractivity contribution in [1.29, 1.82) is 0 Å². The van der Waals surface area contributed by atoms with E-state index in [0.717, 1.165) is 109 Å². The fourth-order valence-corrected chi connectivity index (χ4v) is 12.1. The molecule has 0 heterocycles. The van der Waals surface area contributed by atoms with Crippen LogP contribution in [0.2, 0.25) is 0 Å². The molecule has 0 saturated carbocycles. The van der Waals surface area contributed by atoms with Crippen molar-refractivity contribution in [2.45, 2.75) is 354 Å². The molecule has 0 aromatic rings. The minimum absolute atomic E-state index is 0.00637. The Morgan fingerprint density at radius 3 is 0.824 bits per heavy atom. The van der Waals surface area contributed by atoms with E-state index in [-0.39, 0.29) is 25.7 Å². The van der Waals surface area contributed by atoms with Crippen LogP contribution in [0.5, 0.6) is 0 Å². The maximum atomic E-state index is 13.1. The topological polar surface area (TPSA) is 237 Å². The summed E-state index contributed by atoms with van der Waals surface area (Å²) >= 11 is 0. The molecule has 0 aliphatic carbocycles. The lowest BCUT2D eigenvalue weighted by Crippen LogP contribution is -2.30. The van der Waals surface area contributed by atoms with E-state index < -0.39 is 97.5 Å². The van der Waals surface area contributed by atoms with Crippen LogP contribution in [0, 0.1) is 0 Å². The predicted octanol–water partition coefficient (Wildman–Crippen LogP) is 23.3. The van der Waals surface area contributed by atoms with Crippen LogP contribution in [-0.2, 0) is 65.4 Å². The fraction of sp³-hybridized carbons (Fsp3) is 0.735. The van der Waals surface area contributed by atoms with Crippen LogP contribution in [0.1, 0.15) is 336 Å². The molecule has 0 radical (unpaired) electrons. The molecule has 0 aliphatic rings. The Kier molecular flexibility index (Phi) is 71.8. The van der Waals surface area contributed by atoms with E-state index in [2.05, 4.69) is 113 Å². The van der Waals surface area contributed by atoms with Gasteiger partial charge in [0.15, 0.2) is 12.2 Å². The Labute approximate surface area is 619 Å². The van der Waals surface area contributed by atoms with Gasteiger partial charge in [-0.1, -0.05) is 291 Å². The average molecular weight is 1480 g/mol. The van der Waals surface area contributed by atoms with Gasteiger partial charge in [0.05, 0.1) is 26.4 Å². The normalized spacial score (nSPS) is 14.5. The SMILES string of the molecule is CCCCC/C=C\C/C=C\C/C=C\C/C=C\CCCC(=O)OC[C@H](COP(=O)(O)OC[C@@H](O)COP(=O)(O)OC[C@@H](COC(=O)CCCCCCCCCCCCCCCCC)OC(=O)CCCCCCC/C=C\CCCCCC)OC(=O)CCC/C=C\C/C=C\C/C=C\C/C=C\CCCCC. The minimum Gasteiger partial charge on any atom is -0.462 e. The first-order valence-corrected chi connectivity index (χ1v) is 43.1. The predicted molar refractivity (Wildman–Crippen MR) is 418 cm³/mol. The first kappa shape index (κ1) is 97.7. The summed E-state index contributed by atoms with van der Waals surface area (Å²) < 4.78 is 68.5. The second-order valence-corrected chi connectivity index (χ2v) is 29.6. The zero-order chi connectivity index (χ0) is 74.6. The number of unbranched alkanes of at least 4 members (excludes halogenated alkanes) is 31. The van der Waals surface area contributed by atoms with Gasteiger partial charge in [-0.05, 0) is 128 Å². The van der Waals surface area contributed by atoms with Crippen LogP contribution in [0.15, 0.2) is 109 Å². The van der Waals surface area contributed by atoms with Gasteiger partial charge in [0.2, 0.25) is 0 Å². The highest BCUT2D eigenvalue weighted by atomic mass is 31.2. The number of allylic oxidation sites excluding steroid dienone is 18. The number of aliphatic hydroxyl groups excluding tert-OH is 1. The molecule has 19 heteroatoms. The molecule has 0 aromatic heterocycles. The molecule has 17 nitrogen and oxygen atoms in total. The maximum absolute atomic E-state index is 13.1. The summed E-state index contributed by atoms with van der Waals surface area (Å²) in [5.41, 5.74) is 0. The molecular formula is C83H144O17P2. The second kappa shape index (κ2) is 75.0. The molecule has 0 fully saturated rings. The van der Waals surface area contributed by atoms with E-state index in [1.54, 1.807) is 0 Å². The van der Waals surface area contributed by atoms with Crippen LogP contribution in [0.3, 0.4) is 0 Å². The molecule has 0 amide bonds. The Hall–Kier alpha value is -4.28. The number of rotatable bonds is 75. The van der Waals surface area contributed by atoms with Crippen LogP contribution in [0.4, 0.5) is 0 Å². The van der Waals surface area contributed by atoms with Gasteiger partial charge in [-0.2, -0.15) is 0 Å². The van der Waals surface area contributed by atoms with Crippen LogP contribution >= 0.6 is 15.6 Å². The van der Waals surface area contributed by atoms with Crippen LogP contribution < -0.4 is 0 Å². The number of hydrogen-bond acceptors (Lipinski definition) is 15. The number of phosphoric acid groups is 2. The van der Waals surface area contributed by atoms with Gasteiger partial charge in [0, 0.05) is 25.7 Å². The molecule has 0 rings (SSSR count). The zero-order valence-corrected chi connectivity index (χ0v) is 66.0. The molecule has 2 unspecified atom stereocenters. The van der Waals surface area contributed by atoms with E-state index in [0.29, 0.717) is 38.5 Å². The summed E-state index contributed by atoms with van der Waals surface area (Å²) in [6.07, 6.45) is 80.8. The Bertz CT molecular complexity index is 2360. The summed E-state index contributed by atoms with van der Waals surface area (Å²) in [7, 11) is -9.99. The Morgan fingerprint density at radius 1 is 0.275 bits per heavy atom. The maximum Gasteiger partial charge on any atom is 0.472 e. The minimum atomic E-state index is -5.00. The van der Waals surface area contributed by atoms with Gasteiger partial charge < -0.3 is 33.8 Å². The number of esters is 4. The van der Waals surface area contributed by atoms with E-state index in [1.165, 1.54) is 135 Å². The summed E-state index contributed by atoms with van der Waals surface area (Å²) in [6, 6.07) is 0. The highest BCUT2D eigenvalue weighted by molar-refractivity contribution is 7.47. The van der Waals surface area contributed by atoms with Crippen molar-refractivity contribution >= 4 is 39.5 Å². The number of aliphatic hydroxyl groups is 1. The van der Waals surface area contributed by atoms with E-state index >= 15 is 0 Å². The van der Waals surface area contributed by atoms with Gasteiger partial charge in [-0.15, -0.1) is 0 Å². The number of phosphoric ester groups is 2. The van der Waals surface area contributed by atoms with Gasteiger partial charge in [0.25, 0.3) is 0 Å². The Morgan fingerprint density at radius 2 is 0.490 bits per heavy atom. The molecule has 5 atom stereocenters. The molecule has 0 saturated heterocycles. The van der Waals surface area contributed by atoms with Crippen molar-refractivity contribution < 1.29 is 80.2 Å². The molecule has 102 heavy (non-hydrogen) atoms. The highest BCUT2D eigenvalue weighted by Gasteiger charge is 2.30. The van der Waals surface area contributed by atoms with E-state index in [4.69, 9.17) is 37.0 Å². The first-order valence-electron chi connectivity index (χ1n) is 40.1. The summed E-state index contributed by atoms with van der Waals surface area (Å²) in [5.74, 6) is -2.30. The molecule has 0 aliphatic heterocycles. The van der Waals surface area contributed by atoms with Crippen LogP contribution in [0.25, 0.3) is 0 Å². The van der Waals surface area contributed by atoms with Crippen molar-refractivity contribution in [3.63, 3.8) is 0 Å². The molecule has 3 N–H and O–H groups in total. The third kappa shape index (κ3) is 74.0. The van der Waals surface area contributed by atoms with Crippen molar-refractivity contribution in [3.8, 4) is 0 Å². The monoisotopic (exact) mass is 1470 g/mol. The highest BCUT2D eigenvalue weighted by Crippen LogP contribution is 2.45. The van der Waals surface area contributed by atoms with Crippen molar-refractivity contribution in [3.05, 3.63) is 109 Å². The summed E-state index contributed by atoms with van der Waals surface area (Å²) in [4.78, 5) is 72.9. The third-order valence-corrected chi connectivity index (χ3v) is 18.6. The molecular weight excluding hydrogens is 1330 g/mol. The standard InChI is InChI=1S/C83H144O17P2/c1-5-9-13-17-21-25-29-33-36-38-41-45-48-52-56-60-64-68-81(86)94-74-79(100-83(88)70-66-62-58-54-50-46-42-39-37-34-30-26-22-18-14-10-6-2)76-98-102(91,92)96-72-77(84)71-95-101(89,90)97-75-78(99-82(87)69-65-61-57-53-49-43-32-28-24-20-16-12-8-4)73-93-80(85)67-63-59-55-51-47-44-40-35-31-27-23-19-15-11-7-3/h21-22,25-26,28,32-34,36-37,41-42,45-46,52,54,56,58,77-79,84H,5-20,23-24,27,29-31,35,38-40,43-44,47-51,53,55,57,59-76H2,1-4H3,(H,89,90)(H,91,92)/b25-21-,26-22-,32-28-,36-33-,37-34-,45-41-,46-42-,56-52-,58-54-/t77-,78+,79+/m0/s1. The molecule has 0 bridgehead atoms. The fourth-order valence-electron chi connectivity index (χ4n) is 10.6. The van der Waals surface area contributed by atoms with Gasteiger partial charge >= 0.3 is 39.5 Å². The lowest BCUT2D eigenvalue weighted by molar-refractivity contribution is -0.161.